The predicted octanol–water partition coefficient (Wildman–Crippen LogP) is -0.331. The van der Waals surface area contributed by atoms with Crippen LogP contribution >= 0.6 is 0 Å². The van der Waals surface area contributed by atoms with Crippen LogP contribution in [0.5, 0.6) is 0 Å². The van der Waals surface area contributed by atoms with Gasteiger partial charge < -0.3 is 10.4 Å². The number of rotatable bonds is 0. The Bertz CT molecular complexity index is 212. The minimum Gasteiger partial charge on any atom is -0.389 e. The van der Waals surface area contributed by atoms with Gasteiger partial charge >= 0.3 is 0 Å². The Balaban J connectivity index is 2.21. The first-order valence-corrected chi connectivity index (χ1v) is 3.91. The van der Waals surface area contributed by atoms with Crippen LogP contribution in [0.25, 0.3) is 0 Å². The van der Waals surface area contributed by atoms with E-state index in [1.807, 2.05) is 6.08 Å². The highest BCUT2D eigenvalue weighted by Gasteiger charge is 2.38. The number of hydrogen-bond acceptors (Lipinski definition) is 2. The first kappa shape index (κ1) is 6.85. The summed E-state index contributed by atoms with van der Waals surface area (Å²) in [7, 11) is 0. The molecule has 0 radical (unpaired) electrons. The summed E-state index contributed by atoms with van der Waals surface area (Å²) >= 11 is 0. The van der Waals surface area contributed by atoms with Gasteiger partial charge in [-0.05, 0) is 6.42 Å². The summed E-state index contributed by atoms with van der Waals surface area (Å²) in [5.41, 5.74) is 0. The quantitative estimate of drug-likeness (QED) is 0.468. The SMILES string of the molecule is O=C1NCC2C(O)C=CCC12. The number of amides is 1. The zero-order valence-corrected chi connectivity index (χ0v) is 6.16. The highest BCUT2D eigenvalue weighted by atomic mass is 16.3. The van der Waals surface area contributed by atoms with Crippen molar-refractivity contribution in [2.75, 3.05) is 6.54 Å². The van der Waals surface area contributed by atoms with Crippen LogP contribution in [0.1, 0.15) is 6.42 Å². The number of nitrogens with one attached hydrogen (secondary N) is 1. The van der Waals surface area contributed by atoms with Crippen LogP contribution in [0.2, 0.25) is 0 Å². The first-order valence-electron chi connectivity index (χ1n) is 3.91. The van der Waals surface area contributed by atoms with E-state index in [1.165, 1.54) is 0 Å². The summed E-state index contributed by atoms with van der Waals surface area (Å²) in [5.74, 6) is 0.237. The van der Waals surface area contributed by atoms with Gasteiger partial charge in [0.05, 0.1) is 6.10 Å². The maximum absolute atomic E-state index is 11.1. The Morgan fingerprint density at radius 1 is 1.64 bits per heavy atom. The molecular formula is C8H11NO2. The van der Waals surface area contributed by atoms with Crippen molar-refractivity contribution >= 4 is 5.91 Å². The standard InChI is InChI=1S/C8H11NO2/c10-7-3-1-2-5-6(7)4-9-8(5)11/h1,3,5-7,10H,2,4H2,(H,9,11). The van der Waals surface area contributed by atoms with Crippen molar-refractivity contribution in [3.05, 3.63) is 12.2 Å². The van der Waals surface area contributed by atoms with Crippen LogP contribution in [-0.4, -0.2) is 23.7 Å². The third-order valence-electron chi connectivity index (χ3n) is 2.53. The minimum atomic E-state index is -0.423. The second-order valence-corrected chi connectivity index (χ2v) is 3.17. The molecule has 1 aliphatic carbocycles. The molecule has 0 saturated carbocycles. The van der Waals surface area contributed by atoms with Crippen molar-refractivity contribution < 1.29 is 9.90 Å². The fourth-order valence-corrected chi connectivity index (χ4v) is 1.83. The van der Waals surface area contributed by atoms with Crippen molar-refractivity contribution in [2.24, 2.45) is 11.8 Å². The lowest BCUT2D eigenvalue weighted by Gasteiger charge is -2.22. The topological polar surface area (TPSA) is 49.3 Å². The van der Waals surface area contributed by atoms with E-state index in [0.717, 1.165) is 6.42 Å². The number of allylic oxidation sites excluding steroid dienone is 1. The molecule has 11 heavy (non-hydrogen) atoms. The van der Waals surface area contributed by atoms with Gasteiger partial charge in [0.1, 0.15) is 0 Å². The summed E-state index contributed by atoms with van der Waals surface area (Å²) in [5, 5.41) is 12.2. The van der Waals surface area contributed by atoms with Gasteiger partial charge in [-0.1, -0.05) is 12.2 Å². The van der Waals surface area contributed by atoms with Crippen molar-refractivity contribution in [1.82, 2.24) is 5.32 Å². The minimum absolute atomic E-state index is 0.0231. The summed E-state index contributed by atoms with van der Waals surface area (Å²) in [6.45, 7) is 0.634. The summed E-state index contributed by atoms with van der Waals surface area (Å²) in [6, 6.07) is 0. The van der Waals surface area contributed by atoms with Gasteiger partial charge in [0, 0.05) is 18.4 Å². The van der Waals surface area contributed by atoms with Crippen LogP contribution < -0.4 is 5.32 Å². The van der Waals surface area contributed by atoms with E-state index in [0.29, 0.717) is 6.54 Å². The van der Waals surface area contributed by atoms with E-state index < -0.39 is 6.10 Å². The summed E-state index contributed by atoms with van der Waals surface area (Å²) < 4.78 is 0. The Hall–Kier alpha value is -0.830. The number of aliphatic hydroxyl groups excluding tert-OH is 1. The Morgan fingerprint density at radius 3 is 3.18 bits per heavy atom. The Labute approximate surface area is 65.1 Å². The lowest BCUT2D eigenvalue weighted by Crippen LogP contribution is -2.29. The normalized spacial score (nSPS) is 41.9. The first-order chi connectivity index (χ1) is 5.29. The van der Waals surface area contributed by atoms with E-state index in [9.17, 15) is 9.90 Å². The van der Waals surface area contributed by atoms with Gasteiger partial charge in [0.15, 0.2) is 0 Å². The molecule has 0 spiro atoms. The molecule has 60 valence electrons. The van der Waals surface area contributed by atoms with Gasteiger partial charge in [-0.25, -0.2) is 0 Å². The smallest absolute Gasteiger partial charge is 0.223 e. The second-order valence-electron chi connectivity index (χ2n) is 3.17. The second kappa shape index (κ2) is 2.34. The zero-order valence-electron chi connectivity index (χ0n) is 6.16. The average molecular weight is 153 g/mol. The number of hydrogen-bond donors (Lipinski definition) is 2. The molecule has 0 bridgehead atoms. The van der Waals surface area contributed by atoms with E-state index in [2.05, 4.69) is 5.32 Å². The number of fused-ring (bicyclic) bond motifs is 1. The van der Waals surface area contributed by atoms with Crippen molar-refractivity contribution in [3.63, 3.8) is 0 Å². The van der Waals surface area contributed by atoms with Crippen LogP contribution in [0.3, 0.4) is 0 Å². The van der Waals surface area contributed by atoms with Crippen molar-refractivity contribution in [1.29, 1.82) is 0 Å². The molecule has 1 amide bonds. The highest BCUT2D eigenvalue weighted by molar-refractivity contribution is 5.81. The predicted molar refractivity (Wildman–Crippen MR) is 39.8 cm³/mol. The number of aliphatic hydroxyl groups is 1. The van der Waals surface area contributed by atoms with Gasteiger partial charge in [0.2, 0.25) is 5.91 Å². The summed E-state index contributed by atoms with van der Waals surface area (Å²) in [6.07, 6.45) is 4.03. The molecule has 0 aromatic rings. The molecule has 0 aromatic carbocycles. The third kappa shape index (κ3) is 0.959. The number of carbonyl (C=O) groups is 1. The molecule has 3 unspecified atom stereocenters. The number of carbonyl (C=O) groups excluding carboxylic acids is 1. The summed E-state index contributed by atoms with van der Waals surface area (Å²) in [4.78, 5) is 11.1. The molecule has 1 saturated heterocycles. The molecular weight excluding hydrogens is 142 g/mol. The molecule has 2 aliphatic rings. The van der Waals surface area contributed by atoms with Crippen LogP contribution in [0.4, 0.5) is 0 Å². The van der Waals surface area contributed by atoms with E-state index in [4.69, 9.17) is 0 Å². The molecule has 3 heteroatoms. The fraction of sp³-hybridized carbons (Fsp3) is 0.625. The molecule has 1 aliphatic heterocycles. The molecule has 1 heterocycles. The van der Waals surface area contributed by atoms with Crippen molar-refractivity contribution in [2.45, 2.75) is 12.5 Å². The maximum atomic E-state index is 11.1. The van der Waals surface area contributed by atoms with Gasteiger partial charge in [-0.15, -0.1) is 0 Å². The maximum Gasteiger partial charge on any atom is 0.223 e. The lowest BCUT2D eigenvalue weighted by molar-refractivity contribution is -0.123. The lowest BCUT2D eigenvalue weighted by atomic mass is 9.84. The van der Waals surface area contributed by atoms with E-state index in [1.54, 1.807) is 6.08 Å². The Morgan fingerprint density at radius 2 is 2.45 bits per heavy atom. The van der Waals surface area contributed by atoms with Gasteiger partial charge in [0.25, 0.3) is 0 Å². The Kier molecular flexibility index (Phi) is 1.46. The third-order valence-corrected chi connectivity index (χ3v) is 2.53. The van der Waals surface area contributed by atoms with Crippen molar-refractivity contribution in [3.8, 4) is 0 Å². The monoisotopic (exact) mass is 153 g/mol. The molecule has 2 N–H and O–H groups in total. The van der Waals surface area contributed by atoms with Gasteiger partial charge in [-0.2, -0.15) is 0 Å². The molecule has 0 aromatic heterocycles. The highest BCUT2D eigenvalue weighted by Crippen LogP contribution is 2.29. The molecule has 3 nitrogen and oxygen atoms in total. The molecule has 3 atom stereocenters. The molecule has 2 rings (SSSR count). The average Bonchev–Trinajstić information content (AvgIpc) is 2.35. The van der Waals surface area contributed by atoms with E-state index in [-0.39, 0.29) is 17.7 Å². The fourth-order valence-electron chi connectivity index (χ4n) is 1.83. The largest absolute Gasteiger partial charge is 0.389 e. The van der Waals surface area contributed by atoms with E-state index >= 15 is 0 Å². The van der Waals surface area contributed by atoms with Crippen LogP contribution in [-0.2, 0) is 4.79 Å². The zero-order chi connectivity index (χ0) is 7.84. The van der Waals surface area contributed by atoms with Gasteiger partial charge in [-0.3, -0.25) is 4.79 Å². The van der Waals surface area contributed by atoms with Crippen LogP contribution in [0, 0.1) is 11.8 Å². The molecule has 1 fully saturated rings. The van der Waals surface area contributed by atoms with Crippen LogP contribution in [0.15, 0.2) is 12.2 Å².